The summed E-state index contributed by atoms with van der Waals surface area (Å²) < 4.78 is 39.6. The van der Waals surface area contributed by atoms with E-state index >= 15 is 0 Å². The number of amides is 3. The molecule has 0 radical (unpaired) electrons. The summed E-state index contributed by atoms with van der Waals surface area (Å²) in [6.45, 7) is 3.04. The van der Waals surface area contributed by atoms with Gasteiger partial charge in [-0.05, 0) is 49.7 Å². The number of rotatable bonds is 12. The van der Waals surface area contributed by atoms with Crippen LogP contribution < -0.4 is 15.6 Å². The molecule has 3 amide bonds. The molecule has 44 heavy (non-hydrogen) atoms. The summed E-state index contributed by atoms with van der Waals surface area (Å²) in [5, 5.41) is 0. The number of pyridine rings is 1. The van der Waals surface area contributed by atoms with Gasteiger partial charge in [-0.15, -0.1) is 0 Å². The SMILES string of the molecule is CCCCOc1c2n(ccc1=O)NC(CN1C(=O)c3ccccc3C1=O)N(CCOC(C)S(=O)(=O)c1ccc(Br)cc1)C2=O. The maximum atomic E-state index is 14.0. The molecule has 0 spiro atoms. The molecular weight excluding hydrogens is 656 g/mol. The van der Waals surface area contributed by atoms with Crippen LogP contribution in [0.25, 0.3) is 0 Å². The van der Waals surface area contributed by atoms with Crippen LogP contribution in [0.3, 0.4) is 0 Å². The fraction of sp³-hybridized carbons (Fsp3) is 0.333. The minimum Gasteiger partial charge on any atom is -0.487 e. The molecule has 0 saturated heterocycles. The van der Waals surface area contributed by atoms with Crippen LogP contribution in [0, 0.1) is 0 Å². The van der Waals surface area contributed by atoms with Crippen LogP contribution in [0.2, 0.25) is 0 Å². The Hall–Kier alpha value is -4.01. The molecule has 0 bridgehead atoms. The number of nitrogens with zero attached hydrogens (tertiary/aromatic N) is 3. The van der Waals surface area contributed by atoms with Gasteiger partial charge in [0, 0.05) is 23.3 Å². The third-order valence-electron chi connectivity index (χ3n) is 7.42. The van der Waals surface area contributed by atoms with Crippen molar-refractivity contribution in [1.82, 2.24) is 14.5 Å². The van der Waals surface area contributed by atoms with Crippen molar-refractivity contribution in [2.24, 2.45) is 0 Å². The van der Waals surface area contributed by atoms with E-state index in [4.69, 9.17) is 9.47 Å². The van der Waals surface area contributed by atoms with E-state index < -0.39 is 44.6 Å². The van der Waals surface area contributed by atoms with E-state index in [9.17, 15) is 27.6 Å². The second-order valence-corrected chi connectivity index (χ2v) is 13.4. The molecule has 2 unspecified atom stereocenters. The monoisotopic (exact) mass is 686 g/mol. The van der Waals surface area contributed by atoms with Gasteiger partial charge in [0.25, 0.3) is 17.7 Å². The summed E-state index contributed by atoms with van der Waals surface area (Å²) in [6.07, 6.45) is 1.93. The molecule has 14 heteroatoms. The van der Waals surface area contributed by atoms with Gasteiger partial charge in [-0.3, -0.25) is 28.8 Å². The van der Waals surface area contributed by atoms with Gasteiger partial charge in [-0.1, -0.05) is 41.4 Å². The summed E-state index contributed by atoms with van der Waals surface area (Å²) in [5.74, 6) is -1.74. The normalized spacial score (nSPS) is 16.9. The summed E-state index contributed by atoms with van der Waals surface area (Å²) >= 11 is 3.29. The highest BCUT2D eigenvalue weighted by molar-refractivity contribution is 9.10. The lowest BCUT2D eigenvalue weighted by atomic mass is 10.1. The van der Waals surface area contributed by atoms with Crippen molar-refractivity contribution < 1.29 is 32.3 Å². The minimum absolute atomic E-state index is 0.0530. The van der Waals surface area contributed by atoms with E-state index in [0.29, 0.717) is 6.42 Å². The van der Waals surface area contributed by atoms with Crippen molar-refractivity contribution in [3.05, 3.63) is 92.3 Å². The van der Waals surface area contributed by atoms with Gasteiger partial charge in [0.1, 0.15) is 6.17 Å². The van der Waals surface area contributed by atoms with Crippen molar-refractivity contribution in [3.63, 3.8) is 0 Å². The van der Waals surface area contributed by atoms with Crippen LogP contribution in [0.1, 0.15) is 57.9 Å². The van der Waals surface area contributed by atoms with Crippen LogP contribution in [0.15, 0.2) is 75.0 Å². The Balaban J connectivity index is 1.41. The van der Waals surface area contributed by atoms with Crippen LogP contribution in [0.4, 0.5) is 0 Å². The first-order chi connectivity index (χ1) is 21.0. The molecule has 1 N–H and O–H groups in total. The molecule has 232 valence electrons. The van der Waals surface area contributed by atoms with Crippen molar-refractivity contribution in [2.45, 2.75) is 43.2 Å². The number of nitrogens with one attached hydrogen (secondary N) is 1. The van der Waals surface area contributed by atoms with E-state index in [1.165, 1.54) is 40.9 Å². The van der Waals surface area contributed by atoms with Gasteiger partial charge >= 0.3 is 0 Å². The first-order valence-electron chi connectivity index (χ1n) is 14.1. The lowest BCUT2D eigenvalue weighted by Crippen LogP contribution is -2.59. The number of fused-ring (bicyclic) bond motifs is 2. The fourth-order valence-corrected chi connectivity index (χ4v) is 6.43. The smallest absolute Gasteiger partial charge is 0.278 e. The van der Waals surface area contributed by atoms with Gasteiger partial charge in [0.05, 0.1) is 35.8 Å². The van der Waals surface area contributed by atoms with E-state index in [2.05, 4.69) is 21.4 Å². The molecule has 3 aromatic rings. The molecule has 0 fully saturated rings. The van der Waals surface area contributed by atoms with Gasteiger partial charge in [0.2, 0.25) is 15.3 Å². The number of carbonyl (C=O) groups excluding carboxylic acids is 3. The summed E-state index contributed by atoms with van der Waals surface area (Å²) in [7, 11) is -3.85. The van der Waals surface area contributed by atoms with Gasteiger partial charge in [0.15, 0.2) is 16.9 Å². The third-order valence-corrected chi connectivity index (χ3v) is 9.89. The Kier molecular flexibility index (Phi) is 9.23. The van der Waals surface area contributed by atoms with Crippen molar-refractivity contribution >= 4 is 43.5 Å². The topological polar surface area (TPSA) is 144 Å². The molecule has 12 nitrogen and oxygen atoms in total. The van der Waals surface area contributed by atoms with Crippen LogP contribution in [-0.2, 0) is 14.6 Å². The zero-order chi connectivity index (χ0) is 31.6. The molecule has 0 aliphatic carbocycles. The Morgan fingerprint density at radius 3 is 2.23 bits per heavy atom. The second-order valence-electron chi connectivity index (χ2n) is 10.3. The highest BCUT2D eigenvalue weighted by atomic mass is 79.9. The Bertz CT molecular complexity index is 1720. The predicted octanol–water partition coefficient (Wildman–Crippen LogP) is 3.25. The number of halogens is 1. The molecule has 2 aromatic carbocycles. The molecule has 5 rings (SSSR count). The lowest BCUT2D eigenvalue weighted by Gasteiger charge is -2.40. The lowest BCUT2D eigenvalue weighted by molar-refractivity contribution is 0.0383. The molecule has 2 aliphatic heterocycles. The Morgan fingerprint density at radius 1 is 0.932 bits per heavy atom. The zero-order valence-electron chi connectivity index (χ0n) is 24.1. The fourth-order valence-electron chi connectivity index (χ4n) is 4.99. The number of unbranched alkanes of at least 4 members (excludes halogenated alkanes) is 1. The predicted molar refractivity (Wildman–Crippen MR) is 164 cm³/mol. The van der Waals surface area contributed by atoms with E-state index in [1.807, 2.05) is 6.92 Å². The van der Waals surface area contributed by atoms with E-state index in [1.54, 1.807) is 36.4 Å². The maximum Gasteiger partial charge on any atom is 0.278 e. The highest BCUT2D eigenvalue weighted by Gasteiger charge is 2.41. The van der Waals surface area contributed by atoms with E-state index in [0.717, 1.165) is 15.8 Å². The average Bonchev–Trinajstić information content (AvgIpc) is 3.24. The quantitative estimate of drug-likeness (QED) is 0.224. The molecule has 2 atom stereocenters. The largest absolute Gasteiger partial charge is 0.487 e. The Morgan fingerprint density at radius 2 is 1.59 bits per heavy atom. The number of imide groups is 1. The van der Waals surface area contributed by atoms with Crippen LogP contribution in [0.5, 0.6) is 5.75 Å². The first kappa shape index (κ1) is 31.4. The molecule has 3 heterocycles. The van der Waals surface area contributed by atoms with Crippen LogP contribution in [-0.4, -0.2) is 78.5 Å². The number of hydrogen-bond acceptors (Lipinski definition) is 9. The second kappa shape index (κ2) is 12.9. The van der Waals surface area contributed by atoms with Crippen molar-refractivity contribution in [3.8, 4) is 5.75 Å². The third kappa shape index (κ3) is 6.01. The summed E-state index contributed by atoms with van der Waals surface area (Å²) in [6, 6.07) is 13.9. The number of aromatic nitrogens is 1. The highest BCUT2D eigenvalue weighted by Crippen LogP contribution is 2.26. The minimum atomic E-state index is -3.85. The first-order valence-corrected chi connectivity index (χ1v) is 16.4. The number of benzene rings is 2. The maximum absolute atomic E-state index is 14.0. The Labute approximate surface area is 262 Å². The summed E-state index contributed by atoms with van der Waals surface area (Å²) in [4.78, 5) is 55.5. The van der Waals surface area contributed by atoms with Gasteiger partial charge in [-0.2, -0.15) is 0 Å². The summed E-state index contributed by atoms with van der Waals surface area (Å²) in [5.41, 5.74) is 1.86. The van der Waals surface area contributed by atoms with Gasteiger partial charge in [-0.25, -0.2) is 8.42 Å². The molecule has 2 aliphatic rings. The number of carbonyl (C=O) groups is 3. The molecular formula is C30H31BrN4O8S. The number of ether oxygens (including phenoxy) is 2. The average molecular weight is 688 g/mol. The van der Waals surface area contributed by atoms with Crippen molar-refractivity contribution in [1.29, 1.82) is 0 Å². The van der Waals surface area contributed by atoms with E-state index in [-0.39, 0.29) is 53.8 Å². The van der Waals surface area contributed by atoms with Crippen LogP contribution >= 0.6 is 15.9 Å². The zero-order valence-corrected chi connectivity index (χ0v) is 26.5. The molecule has 0 saturated carbocycles. The standard InChI is InChI=1S/C30H31BrN4O8S/c1-3-4-16-43-27-24(36)13-14-35-26(27)30(39)33(15-17-42-19(2)44(40,41)21-11-9-20(31)10-12-21)25(32-35)18-34-28(37)22-7-5-6-8-23(22)29(34)38/h5-14,19,25,32H,3-4,15-18H2,1-2H3. The number of sulfone groups is 1. The number of hydrogen-bond donors (Lipinski definition) is 1. The van der Waals surface area contributed by atoms with Crippen molar-refractivity contribution in [2.75, 3.05) is 31.7 Å². The molecule has 1 aromatic heterocycles. The van der Waals surface area contributed by atoms with Gasteiger partial charge < -0.3 is 19.8 Å².